The summed E-state index contributed by atoms with van der Waals surface area (Å²) >= 11 is 11.4. The summed E-state index contributed by atoms with van der Waals surface area (Å²) in [6, 6.07) is 0. The molecule has 0 aromatic carbocycles. The second kappa shape index (κ2) is 14.3. The van der Waals surface area contributed by atoms with Crippen molar-refractivity contribution >= 4 is 35.6 Å². The van der Waals surface area contributed by atoms with Crippen LogP contribution in [-0.4, -0.2) is 47.0 Å². The summed E-state index contributed by atoms with van der Waals surface area (Å²) < 4.78 is 0. The lowest BCUT2D eigenvalue weighted by molar-refractivity contribution is 0.108. The first-order valence-electron chi connectivity index (χ1n) is 7.12. The van der Waals surface area contributed by atoms with Crippen LogP contribution in [0.1, 0.15) is 46.0 Å². The summed E-state index contributed by atoms with van der Waals surface area (Å²) in [7, 11) is 0. The minimum atomic E-state index is -0.874. The highest BCUT2D eigenvalue weighted by Gasteiger charge is 2.15. The fourth-order valence-electron chi connectivity index (χ4n) is 1.81. The molecule has 0 saturated heterocycles. The highest BCUT2D eigenvalue weighted by Crippen LogP contribution is 2.14. The van der Waals surface area contributed by atoms with Crippen LogP contribution < -0.4 is 0 Å². The molecule has 0 fully saturated rings. The Morgan fingerprint density at radius 2 is 1.70 bits per heavy atom. The topological polar surface area (TPSA) is 23.5 Å². The van der Waals surface area contributed by atoms with Crippen molar-refractivity contribution in [1.82, 2.24) is 4.90 Å². The predicted molar refractivity (Wildman–Crippen MR) is 92.3 cm³/mol. The number of rotatable bonds is 10. The second-order valence-corrected chi connectivity index (χ2v) is 5.80. The molecule has 0 aromatic heterocycles. The van der Waals surface area contributed by atoms with Gasteiger partial charge in [-0.2, -0.15) is 0 Å². The monoisotopic (exact) mass is 343 g/mol. The zero-order valence-corrected chi connectivity index (χ0v) is 15.0. The Hall–Kier alpha value is 0.350. The summed E-state index contributed by atoms with van der Waals surface area (Å²) in [5.74, 6) is 7.16. The summed E-state index contributed by atoms with van der Waals surface area (Å²) in [5.41, 5.74) is -0.874. The minimum absolute atomic E-state index is 0. The van der Waals surface area contributed by atoms with Gasteiger partial charge in [-0.25, -0.2) is 0 Å². The van der Waals surface area contributed by atoms with Crippen LogP contribution in [0.4, 0.5) is 0 Å². The van der Waals surface area contributed by atoms with Gasteiger partial charge >= 0.3 is 0 Å². The normalized spacial score (nSPS) is 13.3. The molecule has 1 N–H and O–H groups in total. The molecule has 0 amide bonds. The van der Waals surface area contributed by atoms with E-state index in [0.717, 1.165) is 25.9 Å². The van der Waals surface area contributed by atoms with E-state index < -0.39 is 5.60 Å². The van der Waals surface area contributed by atoms with Crippen molar-refractivity contribution < 1.29 is 5.11 Å². The molecule has 0 aromatic rings. The van der Waals surface area contributed by atoms with Crippen LogP contribution in [-0.2, 0) is 0 Å². The number of nitrogens with zero attached hydrogens (tertiary/aromatic N) is 1. The Balaban J connectivity index is 0. The van der Waals surface area contributed by atoms with Crippen molar-refractivity contribution in [3.63, 3.8) is 0 Å². The number of halogens is 3. The maximum absolute atomic E-state index is 10.1. The molecular formula is C15H28Cl3NO. The largest absolute Gasteiger partial charge is 0.378 e. The minimum Gasteiger partial charge on any atom is -0.378 e. The van der Waals surface area contributed by atoms with Crippen molar-refractivity contribution in [3.05, 3.63) is 0 Å². The molecule has 0 aliphatic rings. The zero-order chi connectivity index (χ0) is 14.6. The smallest absolute Gasteiger partial charge is 0.122 e. The lowest BCUT2D eigenvalue weighted by Crippen LogP contribution is -2.29. The van der Waals surface area contributed by atoms with E-state index in [1.54, 1.807) is 6.92 Å². The molecule has 120 valence electrons. The predicted octanol–water partition coefficient (Wildman–Crippen LogP) is 3.91. The van der Waals surface area contributed by atoms with Crippen molar-refractivity contribution in [2.24, 2.45) is 0 Å². The van der Waals surface area contributed by atoms with E-state index in [4.69, 9.17) is 23.2 Å². The van der Waals surface area contributed by atoms with Crippen LogP contribution in [0.15, 0.2) is 0 Å². The quantitative estimate of drug-likeness (QED) is 0.369. The first-order chi connectivity index (χ1) is 9.05. The van der Waals surface area contributed by atoms with E-state index in [-0.39, 0.29) is 12.4 Å². The van der Waals surface area contributed by atoms with Gasteiger partial charge in [-0.3, -0.25) is 4.90 Å². The van der Waals surface area contributed by atoms with Gasteiger partial charge in [-0.15, -0.1) is 35.6 Å². The lowest BCUT2D eigenvalue weighted by Gasteiger charge is -2.18. The van der Waals surface area contributed by atoms with Gasteiger partial charge in [0.05, 0.1) is 6.54 Å². The average Bonchev–Trinajstić information content (AvgIpc) is 2.35. The van der Waals surface area contributed by atoms with Gasteiger partial charge in [0.1, 0.15) is 5.60 Å². The number of aliphatic hydroxyl groups is 1. The molecule has 0 spiro atoms. The zero-order valence-electron chi connectivity index (χ0n) is 12.6. The summed E-state index contributed by atoms with van der Waals surface area (Å²) in [6.45, 7) is 6.15. The molecule has 0 rings (SSSR count). The summed E-state index contributed by atoms with van der Waals surface area (Å²) in [6.07, 6.45) is 5.37. The van der Waals surface area contributed by atoms with Crippen LogP contribution >= 0.6 is 35.6 Å². The molecule has 5 heteroatoms. The molecule has 1 atom stereocenters. The Kier molecular flexibility index (Phi) is 16.2. The maximum atomic E-state index is 10.1. The van der Waals surface area contributed by atoms with Gasteiger partial charge in [0.25, 0.3) is 0 Å². The fourth-order valence-corrected chi connectivity index (χ4v) is 2.29. The van der Waals surface area contributed by atoms with Gasteiger partial charge < -0.3 is 5.11 Å². The summed E-state index contributed by atoms with van der Waals surface area (Å²) in [4.78, 5) is 2.10. The molecule has 0 radical (unpaired) electrons. The van der Waals surface area contributed by atoms with Gasteiger partial charge in [-0.1, -0.05) is 38.0 Å². The van der Waals surface area contributed by atoms with E-state index in [0.29, 0.717) is 18.3 Å². The summed E-state index contributed by atoms with van der Waals surface area (Å²) in [5, 5.41) is 10.1. The molecule has 0 aliphatic heterocycles. The van der Waals surface area contributed by atoms with Crippen molar-refractivity contribution in [2.75, 3.05) is 31.4 Å². The van der Waals surface area contributed by atoms with Gasteiger partial charge in [0, 0.05) is 24.8 Å². The van der Waals surface area contributed by atoms with E-state index in [9.17, 15) is 5.11 Å². The van der Waals surface area contributed by atoms with E-state index >= 15 is 0 Å². The second-order valence-electron chi connectivity index (χ2n) is 5.04. The first kappa shape index (κ1) is 22.6. The molecular weight excluding hydrogens is 317 g/mol. The van der Waals surface area contributed by atoms with E-state index in [2.05, 4.69) is 23.7 Å². The standard InChI is InChI=1S/C15H27Cl2NO.ClH/c1-3-4-5-6-8-15(2,19)9-7-12-18(13-10-16)14-11-17;/h19H,3-6,8,10-14H2,1-2H3;1H. The Morgan fingerprint density at radius 1 is 1.10 bits per heavy atom. The Labute approximate surface area is 140 Å². The number of hydrogen-bond acceptors (Lipinski definition) is 2. The van der Waals surface area contributed by atoms with E-state index in [1.807, 2.05) is 0 Å². The van der Waals surface area contributed by atoms with Crippen molar-refractivity contribution in [2.45, 2.75) is 51.6 Å². The fraction of sp³-hybridized carbons (Fsp3) is 0.867. The van der Waals surface area contributed by atoms with Gasteiger partial charge in [0.15, 0.2) is 0 Å². The van der Waals surface area contributed by atoms with Crippen LogP contribution in [0.25, 0.3) is 0 Å². The highest BCUT2D eigenvalue weighted by atomic mass is 35.5. The molecule has 1 unspecified atom stereocenters. The number of hydrogen-bond donors (Lipinski definition) is 1. The molecule has 2 nitrogen and oxygen atoms in total. The molecule has 20 heavy (non-hydrogen) atoms. The highest BCUT2D eigenvalue weighted by molar-refractivity contribution is 6.18. The van der Waals surface area contributed by atoms with Crippen LogP contribution in [0.2, 0.25) is 0 Å². The average molecular weight is 345 g/mol. The number of alkyl halides is 2. The van der Waals surface area contributed by atoms with Gasteiger partial charge in [0.2, 0.25) is 0 Å². The molecule has 0 bridgehead atoms. The number of unbranched alkanes of at least 4 members (excludes halogenated alkanes) is 3. The lowest BCUT2D eigenvalue weighted by atomic mass is 9.98. The van der Waals surface area contributed by atoms with Crippen LogP contribution in [0, 0.1) is 11.8 Å². The Morgan fingerprint density at radius 3 is 2.20 bits per heavy atom. The van der Waals surface area contributed by atoms with E-state index in [1.165, 1.54) is 19.3 Å². The molecule has 0 heterocycles. The third-order valence-electron chi connectivity index (χ3n) is 2.98. The Bertz CT molecular complexity index is 268. The van der Waals surface area contributed by atoms with Crippen molar-refractivity contribution in [1.29, 1.82) is 0 Å². The van der Waals surface area contributed by atoms with Gasteiger partial charge in [-0.05, 0) is 19.8 Å². The SMILES string of the molecule is CCCCCCC(C)(O)C#CCN(CCCl)CCCl.Cl. The first-order valence-corrected chi connectivity index (χ1v) is 8.19. The van der Waals surface area contributed by atoms with Crippen molar-refractivity contribution in [3.8, 4) is 11.8 Å². The van der Waals surface area contributed by atoms with Crippen LogP contribution in [0.3, 0.4) is 0 Å². The third-order valence-corrected chi connectivity index (χ3v) is 3.32. The van der Waals surface area contributed by atoms with Crippen LogP contribution in [0.5, 0.6) is 0 Å². The third kappa shape index (κ3) is 13.3. The molecule has 0 saturated carbocycles. The maximum Gasteiger partial charge on any atom is 0.122 e. The molecule has 0 aliphatic carbocycles.